The van der Waals surface area contributed by atoms with Crippen LogP contribution in [0.5, 0.6) is 11.5 Å². The van der Waals surface area contributed by atoms with E-state index in [1.165, 1.54) is 19.1 Å². The quantitative estimate of drug-likeness (QED) is 0.919. The second kappa shape index (κ2) is 5.36. The van der Waals surface area contributed by atoms with E-state index < -0.39 is 6.03 Å². The molecule has 1 fully saturated rings. The lowest BCUT2D eigenvalue weighted by molar-refractivity contribution is -0.120. The Morgan fingerprint density at radius 3 is 2.47 bits per heavy atom. The molecule has 102 valence electrons. The summed E-state index contributed by atoms with van der Waals surface area (Å²) >= 11 is 6.05. The largest absolute Gasteiger partial charge is 0.495 e. The van der Waals surface area contributed by atoms with Crippen molar-refractivity contribution in [1.29, 1.82) is 0 Å². The van der Waals surface area contributed by atoms with Crippen molar-refractivity contribution in [2.75, 3.05) is 25.7 Å². The smallest absolute Gasteiger partial charge is 0.328 e. The van der Waals surface area contributed by atoms with Crippen LogP contribution in [0.2, 0.25) is 5.02 Å². The van der Waals surface area contributed by atoms with Gasteiger partial charge in [0.15, 0.2) is 0 Å². The summed E-state index contributed by atoms with van der Waals surface area (Å²) in [6.07, 6.45) is 0.235. The van der Waals surface area contributed by atoms with Gasteiger partial charge in [-0.1, -0.05) is 11.6 Å². The number of carbonyl (C=O) groups excluding carboxylic acids is 2. The van der Waals surface area contributed by atoms with Crippen molar-refractivity contribution in [3.8, 4) is 11.5 Å². The van der Waals surface area contributed by atoms with Gasteiger partial charge in [-0.3, -0.25) is 15.0 Å². The lowest BCUT2D eigenvalue weighted by Gasteiger charge is -2.28. The molecule has 0 bridgehead atoms. The summed E-state index contributed by atoms with van der Waals surface area (Å²) in [7, 11) is 2.98. The van der Waals surface area contributed by atoms with Crippen LogP contribution in [0.25, 0.3) is 0 Å². The Bertz CT molecular complexity index is 533. The molecule has 6 nitrogen and oxygen atoms in total. The molecule has 7 heteroatoms. The molecule has 0 radical (unpaired) electrons. The summed E-state index contributed by atoms with van der Waals surface area (Å²) in [5.74, 6) is 0.612. The fraction of sp³-hybridized carbons (Fsp3) is 0.333. The fourth-order valence-corrected chi connectivity index (χ4v) is 2.08. The Kier molecular flexibility index (Phi) is 3.80. The predicted molar refractivity (Wildman–Crippen MR) is 70.1 cm³/mol. The molecule has 1 N–H and O–H groups in total. The standard InChI is InChI=1S/C12H13ClN2O4/c1-18-9-6-10(19-2)8(5-7(9)13)15-4-3-11(16)14-12(15)17/h5-6H,3-4H2,1-2H3,(H,14,16,17). The average molecular weight is 285 g/mol. The van der Waals surface area contributed by atoms with Crippen LogP contribution in [0.3, 0.4) is 0 Å². The van der Waals surface area contributed by atoms with Crippen molar-refractivity contribution >= 4 is 29.2 Å². The number of benzene rings is 1. The van der Waals surface area contributed by atoms with Crippen molar-refractivity contribution in [1.82, 2.24) is 5.32 Å². The van der Waals surface area contributed by atoms with E-state index in [0.29, 0.717) is 22.2 Å². The second-order valence-electron chi connectivity index (χ2n) is 3.91. The maximum absolute atomic E-state index is 11.8. The molecule has 1 aromatic carbocycles. The molecule has 1 heterocycles. The third kappa shape index (κ3) is 2.58. The van der Waals surface area contributed by atoms with Crippen LogP contribution in [-0.4, -0.2) is 32.7 Å². The van der Waals surface area contributed by atoms with Gasteiger partial charge in [0, 0.05) is 19.0 Å². The highest BCUT2D eigenvalue weighted by Crippen LogP contribution is 2.38. The van der Waals surface area contributed by atoms with Gasteiger partial charge in [-0.2, -0.15) is 0 Å². The zero-order chi connectivity index (χ0) is 14.0. The minimum atomic E-state index is -0.490. The Hall–Kier alpha value is -1.95. The number of ether oxygens (including phenoxy) is 2. The number of hydrogen-bond acceptors (Lipinski definition) is 4. The summed E-state index contributed by atoms with van der Waals surface area (Å²) in [6.45, 7) is 0.281. The molecule has 0 atom stereocenters. The highest BCUT2D eigenvalue weighted by molar-refractivity contribution is 6.32. The molecule has 1 aromatic rings. The molecule has 0 unspecified atom stereocenters. The first kappa shape index (κ1) is 13.5. The summed E-state index contributed by atoms with van der Waals surface area (Å²) < 4.78 is 10.3. The monoisotopic (exact) mass is 284 g/mol. The van der Waals surface area contributed by atoms with Crippen molar-refractivity contribution in [2.24, 2.45) is 0 Å². The van der Waals surface area contributed by atoms with Crippen molar-refractivity contribution in [3.63, 3.8) is 0 Å². The normalized spacial score (nSPS) is 15.2. The maximum Gasteiger partial charge on any atom is 0.328 e. The average Bonchev–Trinajstić information content (AvgIpc) is 2.38. The topological polar surface area (TPSA) is 67.9 Å². The van der Waals surface area contributed by atoms with Gasteiger partial charge in [0.1, 0.15) is 11.5 Å². The van der Waals surface area contributed by atoms with E-state index in [4.69, 9.17) is 21.1 Å². The number of carbonyl (C=O) groups is 2. The maximum atomic E-state index is 11.8. The first-order valence-electron chi connectivity index (χ1n) is 5.59. The van der Waals surface area contributed by atoms with E-state index in [2.05, 4.69) is 5.32 Å². The zero-order valence-electron chi connectivity index (χ0n) is 10.5. The number of urea groups is 1. The molecule has 0 saturated carbocycles. The van der Waals surface area contributed by atoms with E-state index in [9.17, 15) is 9.59 Å². The SMILES string of the molecule is COc1cc(OC)c(N2CCC(=O)NC2=O)cc1Cl. The zero-order valence-corrected chi connectivity index (χ0v) is 11.3. The molecule has 1 saturated heterocycles. The van der Waals surface area contributed by atoms with Crippen LogP contribution in [-0.2, 0) is 4.79 Å². The van der Waals surface area contributed by atoms with Gasteiger partial charge in [0.25, 0.3) is 0 Å². The fourth-order valence-electron chi connectivity index (χ4n) is 1.85. The van der Waals surface area contributed by atoms with Gasteiger partial charge < -0.3 is 9.47 Å². The van der Waals surface area contributed by atoms with Crippen LogP contribution in [0.15, 0.2) is 12.1 Å². The number of nitrogens with zero attached hydrogens (tertiary/aromatic N) is 1. The number of rotatable bonds is 3. The van der Waals surface area contributed by atoms with Crippen molar-refractivity contribution in [3.05, 3.63) is 17.2 Å². The van der Waals surface area contributed by atoms with E-state index >= 15 is 0 Å². The van der Waals surface area contributed by atoms with Gasteiger partial charge >= 0.3 is 6.03 Å². The molecule has 0 spiro atoms. The van der Waals surface area contributed by atoms with Crippen molar-refractivity contribution < 1.29 is 19.1 Å². The number of anilines is 1. The van der Waals surface area contributed by atoms with E-state index in [0.717, 1.165) is 0 Å². The Labute approximate surface area is 115 Å². The third-order valence-corrected chi connectivity index (χ3v) is 3.09. The lowest BCUT2D eigenvalue weighted by Crippen LogP contribution is -2.49. The Morgan fingerprint density at radius 2 is 1.89 bits per heavy atom. The lowest BCUT2D eigenvalue weighted by atomic mass is 10.2. The van der Waals surface area contributed by atoms with Gasteiger partial charge in [-0.25, -0.2) is 4.79 Å². The number of methoxy groups -OCH3 is 2. The van der Waals surface area contributed by atoms with Crippen LogP contribution in [0.4, 0.5) is 10.5 Å². The van der Waals surface area contributed by atoms with Crippen LogP contribution >= 0.6 is 11.6 Å². The van der Waals surface area contributed by atoms with Gasteiger partial charge in [0.05, 0.1) is 24.9 Å². The highest BCUT2D eigenvalue weighted by atomic mass is 35.5. The van der Waals surface area contributed by atoms with E-state index in [1.54, 1.807) is 12.1 Å². The molecule has 1 aliphatic rings. The highest BCUT2D eigenvalue weighted by Gasteiger charge is 2.27. The Morgan fingerprint density at radius 1 is 1.21 bits per heavy atom. The van der Waals surface area contributed by atoms with E-state index in [-0.39, 0.29) is 18.9 Å². The number of amides is 3. The van der Waals surface area contributed by atoms with Gasteiger partial charge in [-0.05, 0) is 6.07 Å². The number of imide groups is 1. The molecule has 1 aliphatic heterocycles. The number of hydrogen-bond donors (Lipinski definition) is 1. The van der Waals surface area contributed by atoms with Gasteiger partial charge in [-0.15, -0.1) is 0 Å². The molecule has 19 heavy (non-hydrogen) atoms. The third-order valence-electron chi connectivity index (χ3n) is 2.80. The van der Waals surface area contributed by atoms with Crippen LogP contribution in [0.1, 0.15) is 6.42 Å². The predicted octanol–water partition coefficient (Wildman–Crippen LogP) is 1.80. The number of halogens is 1. The second-order valence-corrected chi connectivity index (χ2v) is 4.32. The van der Waals surface area contributed by atoms with Gasteiger partial charge in [0.2, 0.25) is 5.91 Å². The Balaban J connectivity index is 2.41. The molecule has 0 aromatic heterocycles. The summed E-state index contributed by atoms with van der Waals surface area (Å²) in [5, 5.41) is 2.61. The first-order chi connectivity index (χ1) is 9.06. The summed E-state index contributed by atoms with van der Waals surface area (Å²) in [5.41, 5.74) is 0.498. The molecule has 2 rings (SSSR count). The first-order valence-corrected chi connectivity index (χ1v) is 5.97. The molecule has 0 aliphatic carbocycles. The van der Waals surface area contributed by atoms with Crippen molar-refractivity contribution in [2.45, 2.75) is 6.42 Å². The van der Waals surface area contributed by atoms with Crippen LogP contribution < -0.4 is 19.7 Å². The molecule has 3 amide bonds. The minimum Gasteiger partial charge on any atom is -0.495 e. The number of nitrogens with one attached hydrogen (secondary N) is 1. The van der Waals surface area contributed by atoms with E-state index in [1.807, 2.05) is 0 Å². The molecular formula is C12H13ClN2O4. The minimum absolute atomic E-state index is 0.235. The summed E-state index contributed by atoms with van der Waals surface area (Å²) in [4.78, 5) is 24.3. The summed E-state index contributed by atoms with van der Waals surface area (Å²) in [6, 6.07) is 2.69. The molecular weight excluding hydrogens is 272 g/mol. The van der Waals surface area contributed by atoms with Crippen LogP contribution in [0, 0.1) is 0 Å².